The molecular formula is C14H19ClN6. The van der Waals surface area contributed by atoms with E-state index < -0.39 is 5.54 Å². The molecule has 2 aliphatic rings. The number of nitriles is 1. The van der Waals surface area contributed by atoms with E-state index in [0.29, 0.717) is 23.9 Å². The number of nitrogens with zero attached hydrogens (tertiary/aromatic N) is 4. The van der Waals surface area contributed by atoms with Crippen molar-refractivity contribution in [2.45, 2.75) is 57.0 Å². The lowest BCUT2D eigenvalue weighted by Crippen LogP contribution is -2.39. The van der Waals surface area contributed by atoms with Crippen LogP contribution in [0.3, 0.4) is 0 Å². The Kier molecular flexibility index (Phi) is 3.85. The molecule has 0 aliphatic heterocycles. The molecule has 0 amide bonds. The minimum absolute atomic E-state index is 0.148. The molecule has 0 radical (unpaired) electrons. The van der Waals surface area contributed by atoms with Crippen molar-refractivity contribution in [1.82, 2.24) is 15.0 Å². The molecule has 0 aromatic carbocycles. The van der Waals surface area contributed by atoms with Crippen LogP contribution < -0.4 is 10.6 Å². The zero-order chi connectivity index (χ0) is 14.9. The van der Waals surface area contributed by atoms with Gasteiger partial charge in [-0.05, 0) is 49.6 Å². The molecule has 1 unspecified atom stereocenters. The first-order valence-corrected chi connectivity index (χ1v) is 7.90. The second-order valence-electron chi connectivity index (χ2n) is 5.90. The zero-order valence-corrected chi connectivity index (χ0v) is 12.8. The molecule has 1 aromatic rings. The van der Waals surface area contributed by atoms with Gasteiger partial charge in [0.05, 0.1) is 6.07 Å². The summed E-state index contributed by atoms with van der Waals surface area (Å²) in [6, 6.07) is 2.88. The summed E-state index contributed by atoms with van der Waals surface area (Å²) in [5, 5.41) is 16.2. The number of halogens is 1. The molecule has 7 heteroatoms. The summed E-state index contributed by atoms with van der Waals surface area (Å²) in [6.45, 7) is 2.08. The van der Waals surface area contributed by atoms with Gasteiger partial charge >= 0.3 is 0 Å². The van der Waals surface area contributed by atoms with Crippen LogP contribution in [0.15, 0.2) is 0 Å². The molecule has 112 valence electrons. The van der Waals surface area contributed by atoms with Crippen LogP contribution in [0.2, 0.25) is 5.28 Å². The Morgan fingerprint density at radius 2 is 1.95 bits per heavy atom. The minimum atomic E-state index is -0.587. The second kappa shape index (κ2) is 5.64. The third kappa shape index (κ3) is 3.35. The Hall–Kier alpha value is -1.61. The van der Waals surface area contributed by atoms with Gasteiger partial charge in [-0.2, -0.15) is 20.2 Å². The van der Waals surface area contributed by atoms with Gasteiger partial charge in [0.2, 0.25) is 17.2 Å². The summed E-state index contributed by atoms with van der Waals surface area (Å²) >= 11 is 5.97. The van der Waals surface area contributed by atoms with E-state index in [1.54, 1.807) is 0 Å². The van der Waals surface area contributed by atoms with Crippen molar-refractivity contribution < 1.29 is 0 Å². The van der Waals surface area contributed by atoms with Gasteiger partial charge in [0.1, 0.15) is 5.54 Å². The van der Waals surface area contributed by atoms with Crippen LogP contribution in [0, 0.1) is 17.2 Å². The molecule has 21 heavy (non-hydrogen) atoms. The molecule has 1 atom stereocenters. The van der Waals surface area contributed by atoms with Crippen LogP contribution in [0.1, 0.15) is 45.4 Å². The summed E-state index contributed by atoms with van der Waals surface area (Å²) < 4.78 is 0. The van der Waals surface area contributed by atoms with Crippen LogP contribution in [-0.2, 0) is 0 Å². The van der Waals surface area contributed by atoms with Gasteiger partial charge in [0.15, 0.2) is 0 Å². The molecular weight excluding hydrogens is 288 g/mol. The fraction of sp³-hybridized carbons (Fsp3) is 0.714. The van der Waals surface area contributed by atoms with E-state index in [9.17, 15) is 5.26 Å². The summed E-state index contributed by atoms with van der Waals surface area (Å²) in [5.41, 5.74) is -0.587. The molecule has 2 aliphatic carbocycles. The molecule has 1 aromatic heterocycles. The fourth-order valence-electron chi connectivity index (χ4n) is 2.59. The number of nitrogens with one attached hydrogen (secondary N) is 2. The first kappa shape index (κ1) is 14.3. The molecule has 0 spiro atoms. The van der Waals surface area contributed by atoms with Crippen molar-refractivity contribution >= 4 is 23.5 Å². The maximum atomic E-state index is 9.64. The Labute approximate surface area is 129 Å². The minimum Gasteiger partial charge on any atom is -0.351 e. The zero-order valence-electron chi connectivity index (χ0n) is 12.1. The van der Waals surface area contributed by atoms with E-state index in [0.717, 1.165) is 38.5 Å². The molecule has 0 bridgehead atoms. The molecule has 2 fully saturated rings. The van der Waals surface area contributed by atoms with E-state index in [1.807, 2.05) is 0 Å². The van der Waals surface area contributed by atoms with E-state index in [2.05, 4.69) is 38.6 Å². The highest BCUT2D eigenvalue weighted by Crippen LogP contribution is 2.43. The van der Waals surface area contributed by atoms with Gasteiger partial charge in [-0.15, -0.1) is 0 Å². The lowest BCUT2D eigenvalue weighted by molar-refractivity contribution is 0.468. The number of anilines is 2. The maximum Gasteiger partial charge on any atom is 0.230 e. The van der Waals surface area contributed by atoms with Gasteiger partial charge in [-0.25, -0.2) is 0 Å². The average molecular weight is 307 g/mol. The van der Waals surface area contributed by atoms with Crippen LogP contribution in [0.4, 0.5) is 11.9 Å². The highest BCUT2D eigenvalue weighted by molar-refractivity contribution is 6.28. The Morgan fingerprint density at radius 1 is 1.24 bits per heavy atom. The molecule has 0 saturated heterocycles. The smallest absolute Gasteiger partial charge is 0.230 e. The average Bonchev–Trinajstić information content (AvgIpc) is 3.30. The Bertz CT molecular complexity index is 563. The highest BCUT2D eigenvalue weighted by atomic mass is 35.5. The lowest BCUT2D eigenvalue weighted by Gasteiger charge is -2.27. The number of aromatic nitrogens is 3. The Morgan fingerprint density at radius 3 is 2.52 bits per heavy atom. The topological polar surface area (TPSA) is 86.5 Å². The maximum absolute atomic E-state index is 9.64. The third-order valence-electron chi connectivity index (χ3n) is 3.97. The SMILES string of the molecule is CCCC(C#N)(Nc1nc(Cl)nc(NC2CC2)n1)C1CC1. The Balaban J connectivity index is 1.81. The van der Waals surface area contributed by atoms with Crippen molar-refractivity contribution in [2.75, 3.05) is 10.6 Å². The molecule has 2 N–H and O–H groups in total. The summed E-state index contributed by atoms with van der Waals surface area (Å²) in [4.78, 5) is 12.6. The van der Waals surface area contributed by atoms with Crippen molar-refractivity contribution in [3.63, 3.8) is 0 Å². The van der Waals surface area contributed by atoms with Crippen molar-refractivity contribution in [1.29, 1.82) is 5.26 Å². The first-order chi connectivity index (χ1) is 10.1. The van der Waals surface area contributed by atoms with Gasteiger partial charge in [-0.1, -0.05) is 13.3 Å². The van der Waals surface area contributed by atoms with Gasteiger partial charge in [0.25, 0.3) is 0 Å². The van der Waals surface area contributed by atoms with E-state index in [1.165, 1.54) is 0 Å². The van der Waals surface area contributed by atoms with Crippen LogP contribution in [-0.4, -0.2) is 26.5 Å². The standard InChI is InChI=1S/C14H19ClN6/c1-2-7-14(8-16,9-3-4-9)21-13-19-11(15)18-12(20-13)17-10-5-6-10/h9-10H,2-7H2,1H3,(H2,17,18,19,20,21). The van der Waals surface area contributed by atoms with Crippen LogP contribution in [0.25, 0.3) is 0 Å². The predicted molar refractivity (Wildman–Crippen MR) is 81.1 cm³/mol. The van der Waals surface area contributed by atoms with Crippen LogP contribution >= 0.6 is 11.6 Å². The summed E-state index contributed by atoms with van der Waals surface area (Å²) in [7, 11) is 0. The normalized spacial score (nSPS) is 20.4. The van der Waals surface area contributed by atoms with Gasteiger partial charge in [-0.3, -0.25) is 0 Å². The van der Waals surface area contributed by atoms with E-state index in [4.69, 9.17) is 11.6 Å². The van der Waals surface area contributed by atoms with Crippen LogP contribution in [0.5, 0.6) is 0 Å². The largest absolute Gasteiger partial charge is 0.351 e. The van der Waals surface area contributed by atoms with E-state index in [-0.39, 0.29) is 5.28 Å². The predicted octanol–water partition coefficient (Wildman–Crippen LogP) is 2.98. The second-order valence-corrected chi connectivity index (χ2v) is 6.24. The molecule has 2 saturated carbocycles. The van der Waals surface area contributed by atoms with Gasteiger partial charge < -0.3 is 10.6 Å². The number of rotatable bonds is 7. The summed E-state index contributed by atoms with van der Waals surface area (Å²) in [6.07, 6.45) is 6.13. The van der Waals surface area contributed by atoms with E-state index >= 15 is 0 Å². The van der Waals surface area contributed by atoms with Crippen molar-refractivity contribution in [3.05, 3.63) is 5.28 Å². The highest BCUT2D eigenvalue weighted by Gasteiger charge is 2.45. The summed E-state index contributed by atoms with van der Waals surface area (Å²) in [5.74, 6) is 1.25. The number of hydrogen-bond acceptors (Lipinski definition) is 6. The third-order valence-corrected chi connectivity index (χ3v) is 4.14. The fourth-order valence-corrected chi connectivity index (χ4v) is 2.75. The van der Waals surface area contributed by atoms with Crippen molar-refractivity contribution in [2.24, 2.45) is 5.92 Å². The first-order valence-electron chi connectivity index (χ1n) is 7.53. The number of hydrogen-bond donors (Lipinski definition) is 2. The monoisotopic (exact) mass is 306 g/mol. The molecule has 1 heterocycles. The van der Waals surface area contributed by atoms with Crippen molar-refractivity contribution in [3.8, 4) is 6.07 Å². The lowest BCUT2D eigenvalue weighted by atomic mass is 9.90. The van der Waals surface area contributed by atoms with Gasteiger partial charge in [0, 0.05) is 6.04 Å². The molecule has 6 nitrogen and oxygen atoms in total. The quantitative estimate of drug-likeness (QED) is 0.805. The molecule has 3 rings (SSSR count).